The van der Waals surface area contributed by atoms with Gasteiger partial charge in [-0.3, -0.25) is 4.79 Å². The molecule has 24 heavy (non-hydrogen) atoms. The summed E-state index contributed by atoms with van der Waals surface area (Å²) in [5.74, 6) is 0.532. The van der Waals surface area contributed by atoms with Gasteiger partial charge in [0.05, 0.1) is 10.7 Å². The van der Waals surface area contributed by atoms with Gasteiger partial charge < -0.3 is 10.6 Å². The van der Waals surface area contributed by atoms with Crippen molar-refractivity contribution in [3.05, 3.63) is 64.2 Å². The van der Waals surface area contributed by atoms with Gasteiger partial charge >= 0.3 is 0 Å². The maximum atomic E-state index is 13.1. The number of carbonyl (C=O) groups is 1. The zero-order valence-corrected chi connectivity index (χ0v) is 14.3. The van der Waals surface area contributed by atoms with E-state index in [0.717, 1.165) is 32.2 Å². The minimum Gasteiger partial charge on any atom is -0.398 e. The van der Waals surface area contributed by atoms with E-state index in [9.17, 15) is 4.79 Å². The maximum Gasteiger partial charge on any atom is 0.254 e. The quantitative estimate of drug-likeness (QED) is 0.788. The third kappa shape index (κ3) is 2.57. The van der Waals surface area contributed by atoms with Crippen molar-refractivity contribution in [2.45, 2.75) is 37.6 Å². The van der Waals surface area contributed by atoms with Crippen LogP contribution in [0.1, 0.15) is 46.7 Å². The molecule has 0 unspecified atom stereocenters. The highest BCUT2D eigenvalue weighted by molar-refractivity contribution is 6.33. The molecule has 124 valence electrons. The zero-order chi connectivity index (χ0) is 16.7. The van der Waals surface area contributed by atoms with Crippen molar-refractivity contribution >= 4 is 23.2 Å². The first kappa shape index (κ1) is 15.5. The van der Waals surface area contributed by atoms with E-state index in [1.807, 2.05) is 0 Å². The average molecular weight is 341 g/mol. The summed E-state index contributed by atoms with van der Waals surface area (Å²) in [4.78, 5) is 15.1. The number of carbonyl (C=O) groups excluding carboxylic acids is 1. The number of nitrogens with zero attached hydrogens (tertiary/aromatic N) is 1. The van der Waals surface area contributed by atoms with Crippen molar-refractivity contribution in [1.29, 1.82) is 0 Å². The molecule has 1 aliphatic carbocycles. The number of amides is 1. The molecule has 1 saturated heterocycles. The first-order valence-electron chi connectivity index (χ1n) is 8.59. The summed E-state index contributed by atoms with van der Waals surface area (Å²) in [5, 5.41) is 0.495. The SMILES string of the molecule is Nc1cc(C(=O)N2CCC[C@H]3c4ccccc4CC[C@H]32)ccc1Cl. The normalized spacial score (nSPS) is 22.6. The van der Waals surface area contributed by atoms with E-state index >= 15 is 0 Å². The van der Waals surface area contributed by atoms with Crippen LogP contribution in [-0.4, -0.2) is 23.4 Å². The lowest BCUT2D eigenvalue weighted by Crippen LogP contribution is -2.49. The molecule has 4 heteroatoms. The van der Waals surface area contributed by atoms with Gasteiger partial charge in [-0.1, -0.05) is 35.9 Å². The number of likely N-dealkylation sites (tertiary alicyclic amines) is 1. The predicted octanol–water partition coefficient (Wildman–Crippen LogP) is 4.26. The van der Waals surface area contributed by atoms with Crippen LogP contribution in [0, 0.1) is 0 Å². The minimum atomic E-state index is 0.0763. The highest BCUT2D eigenvalue weighted by atomic mass is 35.5. The largest absolute Gasteiger partial charge is 0.398 e. The molecule has 0 saturated carbocycles. The monoisotopic (exact) mass is 340 g/mol. The molecule has 1 heterocycles. The van der Waals surface area contributed by atoms with Crippen LogP contribution in [0.4, 0.5) is 5.69 Å². The molecule has 2 aromatic carbocycles. The lowest BCUT2D eigenvalue weighted by Gasteiger charge is -2.45. The Kier molecular flexibility index (Phi) is 3.97. The second-order valence-corrected chi connectivity index (χ2v) is 7.20. The highest BCUT2D eigenvalue weighted by Crippen LogP contribution is 2.41. The van der Waals surface area contributed by atoms with E-state index in [4.69, 9.17) is 17.3 Å². The molecule has 2 atom stereocenters. The number of hydrogen-bond acceptors (Lipinski definition) is 2. The Labute approximate surface area is 147 Å². The molecule has 1 aliphatic heterocycles. The maximum absolute atomic E-state index is 13.1. The molecule has 2 aromatic rings. The standard InChI is InChI=1S/C20H21ClN2O/c21-17-9-7-14(12-18(17)22)20(24)23-11-3-6-16-15-5-2-1-4-13(15)8-10-19(16)23/h1-2,4-5,7,9,12,16,19H,3,6,8,10-11,22H2/t16-,19+/m0/s1. The summed E-state index contributed by atoms with van der Waals surface area (Å²) in [6, 6.07) is 14.2. The summed E-state index contributed by atoms with van der Waals surface area (Å²) in [7, 11) is 0. The van der Waals surface area contributed by atoms with E-state index in [1.54, 1.807) is 18.2 Å². The Balaban J connectivity index is 1.64. The van der Waals surface area contributed by atoms with Gasteiger partial charge in [0.1, 0.15) is 0 Å². The summed E-state index contributed by atoms with van der Waals surface area (Å²) in [5.41, 5.74) is 9.86. The van der Waals surface area contributed by atoms with Gasteiger partial charge in [-0.15, -0.1) is 0 Å². The lowest BCUT2D eigenvalue weighted by atomic mass is 9.74. The van der Waals surface area contributed by atoms with Crippen LogP contribution in [0.2, 0.25) is 5.02 Å². The number of nitrogen functional groups attached to an aromatic ring is 1. The van der Waals surface area contributed by atoms with Gasteiger partial charge in [-0.05, 0) is 55.0 Å². The number of rotatable bonds is 1. The van der Waals surface area contributed by atoms with Crippen LogP contribution in [-0.2, 0) is 6.42 Å². The van der Waals surface area contributed by atoms with Crippen molar-refractivity contribution in [3.63, 3.8) is 0 Å². The third-order valence-corrected chi connectivity index (χ3v) is 5.79. The number of aryl methyl sites for hydroxylation is 1. The molecule has 0 radical (unpaired) electrons. The summed E-state index contributed by atoms with van der Waals surface area (Å²) in [6.45, 7) is 0.824. The molecular formula is C20H21ClN2O. The second kappa shape index (κ2) is 6.14. The summed E-state index contributed by atoms with van der Waals surface area (Å²) in [6.07, 6.45) is 4.29. The van der Waals surface area contributed by atoms with Crippen LogP contribution >= 0.6 is 11.6 Å². The Hall–Kier alpha value is -2.00. The highest BCUT2D eigenvalue weighted by Gasteiger charge is 2.38. The van der Waals surface area contributed by atoms with Crippen molar-refractivity contribution in [3.8, 4) is 0 Å². The van der Waals surface area contributed by atoms with Crippen LogP contribution in [0.3, 0.4) is 0 Å². The molecule has 1 fully saturated rings. The van der Waals surface area contributed by atoms with Gasteiger partial charge in [-0.25, -0.2) is 0 Å². The van der Waals surface area contributed by atoms with Gasteiger partial charge in [0.15, 0.2) is 0 Å². The van der Waals surface area contributed by atoms with Crippen molar-refractivity contribution in [2.75, 3.05) is 12.3 Å². The minimum absolute atomic E-state index is 0.0763. The number of nitrogens with two attached hydrogens (primary N) is 1. The fraction of sp³-hybridized carbons (Fsp3) is 0.350. The van der Waals surface area contributed by atoms with E-state index in [0.29, 0.717) is 22.2 Å². The average Bonchev–Trinajstić information content (AvgIpc) is 2.62. The van der Waals surface area contributed by atoms with Crippen molar-refractivity contribution in [1.82, 2.24) is 4.90 Å². The van der Waals surface area contributed by atoms with Crippen LogP contribution < -0.4 is 5.73 Å². The molecule has 0 bridgehead atoms. The second-order valence-electron chi connectivity index (χ2n) is 6.79. The molecule has 1 amide bonds. The number of hydrogen-bond donors (Lipinski definition) is 1. The molecular weight excluding hydrogens is 320 g/mol. The molecule has 4 rings (SSSR count). The third-order valence-electron chi connectivity index (χ3n) is 5.45. The molecule has 2 aliphatic rings. The van der Waals surface area contributed by atoms with Crippen LogP contribution in [0.25, 0.3) is 0 Å². The fourth-order valence-electron chi connectivity index (χ4n) is 4.30. The van der Waals surface area contributed by atoms with Gasteiger partial charge in [0.25, 0.3) is 5.91 Å². The van der Waals surface area contributed by atoms with Gasteiger partial charge in [0, 0.05) is 24.1 Å². The van der Waals surface area contributed by atoms with Crippen LogP contribution in [0.5, 0.6) is 0 Å². The van der Waals surface area contributed by atoms with E-state index in [-0.39, 0.29) is 11.9 Å². The molecule has 2 N–H and O–H groups in total. The lowest BCUT2D eigenvalue weighted by molar-refractivity contribution is 0.0547. The number of benzene rings is 2. The van der Waals surface area contributed by atoms with Gasteiger partial charge in [-0.2, -0.15) is 0 Å². The van der Waals surface area contributed by atoms with Crippen molar-refractivity contribution in [2.24, 2.45) is 0 Å². The van der Waals surface area contributed by atoms with E-state index < -0.39 is 0 Å². The smallest absolute Gasteiger partial charge is 0.254 e. The Morgan fingerprint density at radius 2 is 2.00 bits per heavy atom. The Morgan fingerprint density at radius 1 is 1.17 bits per heavy atom. The van der Waals surface area contributed by atoms with E-state index in [2.05, 4.69) is 29.2 Å². The molecule has 0 spiro atoms. The fourth-order valence-corrected chi connectivity index (χ4v) is 4.42. The Bertz CT molecular complexity index is 789. The van der Waals surface area contributed by atoms with E-state index in [1.165, 1.54) is 11.1 Å². The molecule has 3 nitrogen and oxygen atoms in total. The summed E-state index contributed by atoms with van der Waals surface area (Å²) < 4.78 is 0. The Morgan fingerprint density at radius 3 is 2.83 bits per heavy atom. The first-order valence-corrected chi connectivity index (χ1v) is 8.97. The number of fused-ring (bicyclic) bond motifs is 3. The number of anilines is 1. The van der Waals surface area contributed by atoms with Crippen molar-refractivity contribution < 1.29 is 4.79 Å². The number of halogens is 1. The molecule has 0 aromatic heterocycles. The van der Waals surface area contributed by atoms with Gasteiger partial charge in [0.2, 0.25) is 0 Å². The van der Waals surface area contributed by atoms with Crippen LogP contribution in [0.15, 0.2) is 42.5 Å². The summed E-state index contributed by atoms with van der Waals surface area (Å²) >= 11 is 5.99. The predicted molar refractivity (Wildman–Crippen MR) is 97.4 cm³/mol. The zero-order valence-electron chi connectivity index (χ0n) is 13.5. The topological polar surface area (TPSA) is 46.3 Å². The number of piperidine rings is 1. The first-order chi connectivity index (χ1) is 11.6.